The molecule has 4 heteroatoms. The average molecular weight is 244 g/mol. The summed E-state index contributed by atoms with van der Waals surface area (Å²) in [5.74, 6) is 0. The molecule has 0 unspecified atom stereocenters. The number of hydrogen-bond acceptors (Lipinski definition) is 4. The maximum absolute atomic E-state index is 9.24. The van der Waals surface area contributed by atoms with Gasteiger partial charge >= 0.3 is 0 Å². The van der Waals surface area contributed by atoms with Crippen molar-refractivity contribution in [3.8, 4) is 12.1 Å². The summed E-state index contributed by atoms with van der Waals surface area (Å²) in [5, 5.41) is 18.5. The first-order valence-corrected chi connectivity index (χ1v) is 5.55. The zero-order valence-corrected chi connectivity index (χ0v) is 11.1. The maximum atomic E-state index is 9.24. The molecule has 0 saturated heterocycles. The van der Waals surface area contributed by atoms with Gasteiger partial charge in [-0.3, -0.25) is 0 Å². The third kappa shape index (κ3) is 2.36. The number of nitrogens with zero attached hydrogens (tertiary/aromatic N) is 2. The van der Waals surface area contributed by atoms with Gasteiger partial charge in [-0.2, -0.15) is 10.5 Å². The van der Waals surface area contributed by atoms with Crippen molar-refractivity contribution in [3.63, 3.8) is 0 Å². The monoisotopic (exact) mass is 244 g/mol. The van der Waals surface area contributed by atoms with Crippen LogP contribution in [0, 0.1) is 36.5 Å². The molecule has 0 aliphatic rings. The van der Waals surface area contributed by atoms with Gasteiger partial charge in [-0.25, -0.2) is 0 Å². The molecule has 0 heterocycles. The van der Waals surface area contributed by atoms with Crippen LogP contribution in [-0.4, -0.2) is 14.2 Å². The molecule has 0 aliphatic heterocycles. The zero-order chi connectivity index (χ0) is 13.7. The molecule has 0 radical (unpaired) electrons. The van der Waals surface area contributed by atoms with Gasteiger partial charge < -0.3 is 9.47 Å². The van der Waals surface area contributed by atoms with Gasteiger partial charge in [0.1, 0.15) is 0 Å². The molecule has 1 rings (SSSR count). The molecular weight excluding hydrogens is 228 g/mol. The highest BCUT2D eigenvalue weighted by molar-refractivity contribution is 5.59. The van der Waals surface area contributed by atoms with Crippen molar-refractivity contribution in [2.75, 3.05) is 14.2 Å². The van der Waals surface area contributed by atoms with Crippen LogP contribution in [0.2, 0.25) is 0 Å². The second-order valence-electron chi connectivity index (χ2n) is 4.05. The second kappa shape index (κ2) is 6.16. The van der Waals surface area contributed by atoms with Crippen LogP contribution in [0.15, 0.2) is 0 Å². The summed E-state index contributed by atoms with van der Waals surface area (Å²) in [7, 11) is 3.17. The third-order valence-electron chi connectivity index (χ3n) is 3.06. The first-order chi connectivity index (χ1) is 8.62. The summed E-state index contributed by atoms with van der Waals surface area (Å²) in [4.78, 5) is 0. The summed E-state index contributed by atoms with van der Waals surface area (Å²) >= 11 is 0. The lowest BCUT2D eigenvalue weighted by molar-refractivity contribution is 0.178. The lowest BCUT2D eigenvalue weighted by Crippen LogP contribution is -2.08. The SMILES string of the molecule is COCc1c(C)c(COC)c(C#N)c(C)c1C#N. The van der Waals surface area contributed by atoms with Gasteiger partial charge in [0, 0.05) is 14.2 Å². The van der Waals surface area contributed by atoms with Crippen LogP contribution in [0.5, 0.6) is 0 Å². The van der Waals surface area contributed by atoms with E-state index in [1.165, 1.54) is 0 Å². The van der Waals surface area contributed by atoms with Crippen molar-refractivity contribution >= 4 is 0 Å². The Bertz CT molecular complexity index is 491. The van der Waals surface area contributed by atoms with Gasteiger partial charge in [-0.05, 0) is 36.1 Å². The molecule has 18 heavy (non-hydrogen) atoms. The van der Waals surface area contributed by atoms with E-state index >= 15 is 0 Å². The van der Waals surface area contributed by atoms with Crippen LogP contribution >= 0.6 is 0 Å². The molecule has 0 saturated carbocycles. The largest absolute Gasteiger partial charge is 0.380 e. The van der Waals surface area contributed by atoms with Gasteiger partial charge in [-0.1, -0.05) is 0 Å². The van der Waals surface area contributed by atoms with Crippen LogP contribution in [0.3, 0.4) is 0 Å². The molecule has 1 aromatic carbocycles. The van der Waals surface area contributed by atoms with E-state index in [-0.39, 0.29) is 0 Å². The molecule has 0 atom stereocenters. The fraction of sp³-hybridized carbons (Fsp3) is 0.429. The van der Waals surface area contributed by atoms with Crippen LogP contribution in [0.1, 0.15) is 33.4 Å². The van der Waals surface area contributed by atoms with Crippen molar-refractivity contribution in [1.29, 1.82) is 10.5 Å². The lowest BCUT2D eigenvalue weighted by atomic mass is 9.89. The van der Waals surface area contributed by atoms with E-state index in [9.17, 15) is 10.5 Å². The maximum Gasteiger partial charge on any atom is 0.0998 e. The topological polar surface area (TPSA) is 66.0 Å². The number of ether oxygens (including phenoxy) is 2. The minimum atomic E-state index is 0.359. The molecule has 0 fully saturated rings. The Hall–Kier alpha value is -1.88. The molecule has 0 bridgehead atoms. The summed E-state index contributed by atoms with van der Waals surface area (Å²) in [6, 6.07) is 4.32. The number of rotatable bonds is 4. The standard InChI is InChI=1S/C14H16N2O2/c1-9-11(5-15)13(7-17-3)10(2)14(8-18-4)12(9)6-16/h7-8H2,1-4H3. The predicted molar refractivity (Wildman–Crippen MR) is 66.8 cm³/mol. The molecule has 0 amide bonds. The Morgan fingerprint density at radius 1 is 0.833 bits per heavy atom. The van der Waals surface area contributed by atoms with Crippen LogP contribution in [-0.2, 0) is 22.7 Å². The van der Waals surface area contributed by atoms with Crippen molar-refractivity contribution in [1.82, 2.24) is 0 Å². The van der Waals surface area contributed by atoms with Gasteiger partial charge in [-0.15, -0.1) is 0 Å². The van der Waals surface area contributed by atoms with E-state index in [1.54, 1.807) is 21.1 Å². The first-order valence-electron chi connectivity index (χ1n) is 5.55. The molecular formula is C14H16N2O2. The van der Waals surface area contributed by atoms with Crippen LogP contribution in [0.4, 0.5) is 0 Å². The Kier molecular flexibility index (Phi) is 4.85. The number of benzene rings is 1. The first kappa shape index (κ1) is 14.2. The molecule has 0 spiro atoms. The lowest BCUT2D eigenvalue weighted by Gasteiger charge is -2.17. The molecule has 0 aliphatic carbocycles. The summed E-state index contributed by atoms with van der Waals surface area (Å²) in [5.41, 5.74) is 4.34. The third-order valence-corrected chi connectivity index (χ3v) is 3.06. The van der Waals surface area contributed by atoms with Gasteiger partial charge in [0.05, 0.1) is 36.5 Å². The van der Waals surface area contributed by atoms with Gasteiger partial charge in [0.25, 0.3) is 0 Å². The number of hydrogen-bond donors (Lipinski definition) is 0. The molecule has 0 aromatic heterocycles. The van der Waals surface area contributed by atoms with Gasteiger partial charge in [0.15, 0.2) is 0 Å². The highest BCUT2D eigenvalue weighted by atomic mass is 16.5. The summed E-state index contributed by atoms with van der Waals surface area (Å²) in [6.45, 7) is 4.40. The highest BCUT2D eigenvalue weighted by Crippen LogP contribution is 2.28. The van der Waals surface area contributed by atoms with Crippen molar-refractivity contribution < 1.29 is 9.47 Å². The molecule has 4 nitrogen and oxygen atoms in total. The Labute approximate surface area is 107 Å². The van der Waals surface area contributed by atoms with Gasteiger partial charge in [0.2, 0.25) is 0 Å². The van der Waals surface area contributed by atoms with E-state index in [2.05, 4.69) is 12.1 Å². The predicted octanol–water partition coefficient (Wildman–Crippen LogP) is 2.34. The Morgan fingerprint density at radius 2 is 1.22 bits per heavy atom. The van der Waals surface area contributed by atoms with E-state index in [4.69, 9.17) is 9.47 Å². The fourth-order valence-electron chi connectivity index (χ4n) is 2.09. The second-order valence-corrected chi connectivity index (χ2v) is 4.05. The zero-order valence-electron chi connectivity index (χ0n) is 11.1. The minimum Gasteiger partial charge on any atom is -0.380 e. The molecule has 94 valence electrons. The smallest absolute Gasteiger partial charge is 0.0998 e. The van der Waals surface area contributed by atoms with E-state index < -0.39 is 0 Å². The van der Waals surface area contributed by atoms with Crippen molar-refractivity contribution in [2.24, 2.45) is 0 Å². The fourth-order valence-corrected chi connectivity index (χ4v) is 2.09. The molecule has 1 aromatic rings. The van der Waals surface area contributed by atoms with E-state index in [0.29, 0.717) is 29.9 Å². The average Bonchev–Trinajstić information content (AvgIpc) is 2.36. The quantitative estimate of drug-likeness (QED) is 0.815. The van der Waals surface area contributed by atoms with Crippen molar-refractivity contribution in [2.45, 2.75) is 27.1 Å². The summed E-state index contributed by atoms with van der Waals surface area (Å²) < 4.78 is 10.3. The van der Waals surface area contributed by atoms with Crippen molar-refractivity contribution in [3.05, 3.63) is 33.4 Å². The minimum absolute atomic E-state index is 0.359. The Morgan fingerprint density at radius 3 is 1.50 bits per heavy atom. The van der Waals surface area contributed by atoms with E-state index in [0.717, 1.165) is 16.7 Å². The highest BCUT2D eigenvalue weighted by Gasteiger charge is 2.19. The van der Waals surface area contributed by atoms with Crippen LogP contribution in [0.25, 0.3) is 0 Å². The molecule has 0 N–H and O–H groups in total. The number of methoxy groups -OCH3 is 2. The van der Waals surface area contributed by atoms with Crippen LogP contribution < -0.4 is 0 Å². The van der Waals surface area contributed by atoms with E-state index in [1.807, 2.05) is 6.92 Å². The number of nitriles is 2. The summed E-state index contributed by atoms with van der Waals surface area (Å²) in [6.07, 6.45) is 0. The Balaban J connectivity index is 3.65. The normalized spacial score (nSPS) is 9.89.